The molecular weight excluding hydrogens is 238 g/mol. The molecule has 1 unspecified atom stereocenters. The summed E-state index contributed by atoms with van der Waals surface area (Å²) in [6.45, 7) is 2.07. The number of aryl methyl sites for hydroxylation is 2. The number of para-hydroxylation sites is 1. The Labute approximate surface area is 111 Å². The average molecular weight is 253 g/mol. The molecule has 0 fully saturated rings. The molecule has 0 aliphatic rings. The Bertz CT molecular complexity index is 732. The average Bonchev–Trinajstić information content (AvgIpc) is 2.84. The molecule has 5 heteroatoms. The van der Waals surface area contributed by atoms with Gasteiger partial charge >= 0.3 is 0 Å². The van der Waals surface area contributed by atoms with Crippen molar-refractivity contribution in [3.63, 3.8) is 0 Å². The van der Waals surface area contributed by atoms with E-state index in [-0.39, 0.29) is 6.04 Å². The Kier molecular flexibility index (Phi) is 2.76. The molecule has 0 saturated carbocycles. The van der Waals surface area contributed by atoms with E-state index in [1.165, 1.54) is 5.56 Å². The van der Waals surface area contributed by atoms with Crippen molar-refractivity contribution in [3.8, 4) is 0 Å². The summed E-state index contributed by atoms with van der Waals surface area (Å²) < 4.78 is 1.68. The van der Waals surface area contributed by atoms with E-state index in [0.717, 1.165) is 22.3 Å². The Morgan fingerprint density at radius 2 is 2.05 bits per heavy atom. The molecule has 2 heterocycles. The monoisotopic (exact) mass is 253 g/mol. The molecule has 96 valence electrons. The van der Waals surface area contributed by atoms with Gasteiger partial charge in [0.25, 0.3) is 0 Å². The summed E-state index contributed by atoms with van der Waals surface area (Å²) in [5.74, 6) is 0. The number of aromatic nitrogens is 4. The van der Waals surface area contributed by atoms with Crippen LogP contribution in [0, 0.1) is 6.92 Å². The number of pyridine rings is 1. The van der Waals surface area contributed by atoms with Gasteiger partial charge in [-0.1, -0.05) is 23.4 Å². The first-order valence-electron chi connectivity index (χ1n) is 6.13. The topological polar surface area (TPSA) is 69.6 Å². The summed E-state index contributed by atoms with van der Waals surface area (Å²) in [6.07, 6.45) is 1.68. The molecule has 19 heavy (non-hydrogen) atoms. The first-order chi connectivity index (χ1) is 9.16. The van der Waals surface area contributed by atoms with Crippen molar-refractivity contribution < 1.29 is 0 Å². The molecule has 1 atom stereocenters. The second kappa shape index (κ2) is 4.44. The third kappa shape index (κ3) is 1.98. The number of nitrogens with zero attached hydrogens (tertiary/aromatic N) is 4. The molecule has 5 nitrogen and oxygen atoms in total. The number of hydrogen-bond acceptors (Lipinski definition) is 4. The van der Waals surface area contributed by atoms with Crippen LogP contribution in [0.3, 0.4) is 0 Å². The maximum absolute atomic E-state index is 6.26. The van der Waals surface area contributed by atoms with Gasteiger partial charge in [0.1, 0.15) is 0 Å². The molecule has 0 saturated heterocycles. The zero-order valence-electron chi connectivity index (χ0n) is 10.9. The summed E-state index contributed by atoms with van der Waals surface area (Å²) >= 11 is 0. The van der Waals surface area contributed by atoms with Gasteiger partial charge in [0.15, 0.2) is 0 Å². The smallest absolute Gasteiger partial charge is 0.0913 e. The molecule has 3 rings (SSSR count). The molecule has 0 aliphatic heterocycles. The van der Waals surface area contributed by atoms with Crippen molar-refractivity contribution in [1.29, 1.82) is 0 Å². The van der Waals surface area contributed by atoms with Gasteiger partial charge in [0, 0.05) is 12.4 Å². The molecule has 1 aromatic carbocycles. The zero-order valence-corrected chi connectivity index (χ0v) is 10.9. The first kappa shape index (κ1) is 11.8. The molecule has 0 bridgehead atoms. The molecule has 0 radical (unpaired) electrons. The second-order valence-corrected chi connectivity index (χ2v) is 4.64. The third-order valence-corrected chi connectivity index (χ3v) is 3.33. The fraction of sp³-hybridized carbons (Fsp3) is 0.214. The van der Waals surface area contributed by atoms with E-state index in [0.29, 0.717) is 0 Å². The van der Waals surface area contributed by atoms with Gasteiger partial charge in [0.05, 0.1) is 29.1 Å². The normalized spacial score (nSPS) is 12.8. The number of nitrogens with two attached hydrogens (primary N) is 1. The molecule has 0 amide bonds. The summed E-state index contributed by atoms with van der Waals surface area (Å²) in [5, 5.41) is 8.92. The summed E-state index contributed by atoms with van der Waals surface area (Å²) in [6, 6.07) is 9.78. The fourth-order valence-corrected chi connectivity index (χ4v) is 2.27. The number of fused-ring (bicyclic) bond motifs is 1. The number of hydrogen-bond donors (Lipinski definition) is 1. The van der Waals surface area contributed by atoms with Crippen molar-refractivity contribution in [1.82, 2.24) is 20.0 Å². The summed E-state index contributed by atoms with van der Waals surface area (Å²) in [7, 11) is 1.83. The maximum Gasteiger partial charge on any atom is 0.0913 e. The van der Waals surface area contributed by atoms with Crippen LogP contribution < -0.4 is 5.73 Å². The first-order valence-corrected chi connectivity index (χ1v) is 6.13. The van der Waals surface area contributed by atoms with Crippen LogP contribution in [-0.4, -0.2) is 20.0 Å². The Morgan fingerprint density at radius 1 is 1.26 bits per heavy atom. The van der Waals surface area contributed by atoms with Crippen LogP contribution in [0.1, 0.15) is 23.0 Å². The Hall–Kier alpha value is -2.27. The van der Waals surface area contributed by atoms with Crippen molar-refractivity contribution in [3.05, 3.63) is 53.5 Å². The SMILES string of the molecule is Cc1cc(C(N)c2cnnn2C)nc2ccccc12. The van der Waals surface area contributed by atoms with Crippen LogP contribution in [0.25, 0.3) is 10.9 Å². The van der Waals surface area contributed by atoms with Gasteiger partial charge in [-0.05, 0) is 24.6 Å². The molecule has 2 N–H and O–H groups in total. The quantitative estimate of drug-likeness (QED) is 0.755. The predicted octanol–water partition coefficient (Wildman–Crippen LogP) is 1.72. The second-order valence-electron chi connectivity index (χ2n) is 4.64. The van der Waals surface area contributed by atoms with E-state index in [1.807, 2.05) is 31.3 Å². The van der Waals surface area contributed by atoms with Crippen LogP contribution in [0.15, 0.2) is 36.5 Å². The highest BCUT2D eigenvalue weighted by Gasteiger charge is 2.16. The van der Waals surface area contributed by atoms with Gasteiger partial charge < -0.3 is 5.73 Å². The minimum absolute atomic E-state index is 0.316. The highest BCUT2D eigenvalue weighted by atomic mass is 15.4. The largest absolute Gasteiger partial charge is 0.318 e. The van der Waals surface area contributed by atoms with Crippen LogP contribution >= 0.6 is 0 Å². The highest BCUT2D eigenvalue weighted by molar-refractivity contribution is 5.82. The van der Waals surface area contributed by atoms with E-state index in [9.17, 15) is 0 Å². The molecule has 0 aliphatic carbocycles. The van der Waals surface area contributed by atoms with E-state index in [1.54, 1.807) is 10.9 Å². The van der Waals surface area contributed by atoms with Crippen molar-refractivity contribution in [2.75, 3.05) is 0 Å². The Morgan fingerprint density at radius 3 is 2.79 bits per heavy atom. The van der Waals surface area contributed by atoms with Crippen LogP contribution in [0.5, 0.6) is 0 Å². The van der Waals surface area contributed by atoms with Crippen LogP contribution in [-0.2, 0) is 7.05 Å². The van der Waals surface area contributed by atoms with Crippen molar-refractivity contribution in [2.45, 2.75) is 13.0 Å². The summed E-state index contributed by atoms with van der Waals surface area (Å²) in [5.41, 5.74) is 10.1. The molecule has 3 aromatic rings. The van der Waals surface area contributed by atoms with Gasteiger partial charge in [-0.25, -0.2) is 0 Å². The van der Waals surface area contributed by atoms with E-state index >= 15 is 0 Å². The zero-order chi connectivity index (χ0) is 13.4. The van der Waals surface area contributed by atoms with Gasteiger partial charge in [-0.3, -0.25) is 9.67 Å². The fourth-order valence-electron chi connectivity index (χ4n) is 2.27. The van der Waals surface area contributed by atoms with Crippen LogP contribution in [0.2, 0.25) is 0 Å². The van der Waals surface area contributed by atoms with E-state index < -0.39 is 0 Å². The number of benzene rings is 1. The van der Waals surface area contributed by atoms with E-state index in [4.69, 9.17) is 5.73 Å². The predicted molar refractivity (Wildman–Crippen MR) is 73.5 cm³/mol. The lowest BCUT2D eigenvalue weighted by molar-refractivity contribution is 0.645. The standard InChI is InChI=1S/C14H15N5/c1-9-7-12(14(15)13-8-16-18-19(13)2)17-11-6-4-3-5-10(9)11/h3-8,14H,15H2,1-2H3. The maximum atomic E-state index is 6.26. The molecule has 0 spiro atoms. The van der Waals surface area contributed by atoms with Gasteiger partial charge in [-0.2, -0.15) is 0 Å². The lowest BCUT2D eigenvalue weighted by atomic mass is 10.0. The lowest BCUT2D eigenvalue weighted by Gasteiger charge is -2.13. The lowest BCUT2D eigenvalue weighted by Crippen LogP contribution is -2.17. The van der Waals surface area contributed by atoms with Crippen LogP contribution in [0.4, 0.5) is 0 Å². The molecular formula is C14H15N5. The minimum atomic E-state index is -0.316. The third-order valence-electron chi connectivity index (χ3n) is 3.33. The van der Waals surface area contributed by atoms with Gasteiger partial charge in [-0.15, -0.1) is 5.10 Å². The highest BCUT2D eigenvalue weighted by Crippen LogP contribution is 2.22. The van der Waals surface area contributed by atoms with Gasteiger partial charge in [0.2, 0.25) is 0 Å². The molecule has 2 aromatic heterocycles. The number of rotatable bonds is 2. The van der Waals surface area contributed by atoms with Crippen molar-refractivity contribution >= 4 is 10.9 Å². The van der Waals surface area contributed by atoms with E-state index in [2.05, 4.69) is 28.3 Å². The Balaban J connectivity index is 2.13. The summed E-state index contributed by atoms with van der Waals surface area (Å²) in [4.78, 5) is 4.64. The minimum Gasteiger partial charge on any atom is -0.318 e. The van der Waals surface area contributed by atoms with Crippen molar-refractivity contribution in [2.24, 2.45) is 12.8 Å².